The van der Waals surface area contributed by atoms with Crippen molar-refractivity contribution in [2.45, 2.75) is 6.92 Å². The Morgan fingerprint density at radius 2 is 2.00 bits per heavy atom. The van der Waals surface area contributed by atoms with Crippen molar-refractivity contribution in [2.75, 3.05) is 7.11 Å². The maximum absolute atomic E-state index is 12.4. The van der Waals surface area contributed by atoms with Gasteiger partial charge in [-0.3, -0.25) is 4.79 Å². The molecule has 1 aromatic carbocycles. The summed E-state index contributed by atoms with van der Waals surface area (Å²) in [6, 6.07) is 7.96. The molecule has 0 aliphatic carbocycles. The first kappa shape index (κ1) is 11.3. The number of pyridine rings is 1. The Hall–Kier alpha value is -1.81. The molecule has 0 spiro atoms. The van der Waals surface area contributed by atoms with Crippen LogP contribution in [0.3, 0.4) is 0 Å². The predicted octanol–water partition coefficient (Wildman–Crippen LogP) is 3.07. The van der Waals surface area contributed by atoms with Crippen molar-refractivity contribution in [1.82, 2.24) is 4.57 Å². The van der Waals surface area contributed by atoms with Gasteiger partial charge in [0.05, 0.1) is 17.3 Å². The summed E-state index contributed by atoms with van der Waals surface area (Å²) < 4.78 is 8.08. The highest BCUT2D eigenvalue weighted by Crippen LogP contribution is 2.38. The third-order valence-electron chi connectivity index (χ3n) is 3.26. The van der Waals surface area contributed by atoms with Crippen molar-refractivity contribution in [3.8, 4) is 5.75 Å². The Bertz CT molecular complexity index is 814. The van der Waals surface area contributed by atoms with E-state index < -0.39 is 0 Å². The van der Waals surface area contributed by atoms with Gasteiger partial charge in [-0.05, 0) is 13.0 Å². The molecule has 2 heterocycles. The second kappa shape index (κ2) is 3.85. The van der Waals surface area contributed by atoms with Gasteiger partial charge in [-0.2, -0.15) is 0 Å². The average molecular weight is 259 g/mol. The van der Waals surface area contributed by atoms with E-state index in [0.29, 0.717) is 11.1 Å². The van der Waals surface area contributed by atoms with Crippen LogP contribution >= 0.6 is 11.3 Å². The van der Waals surface area contributed by atoms with Crippen LogP contribution in [0, 0.1) is 6.92 Å². The number of fused-ring (bicyclic) bond motifs is 3. The third-order valence-corrected chi connectivity index (χ3v) is 4.38. The van der Waals surface area contributed by atoms with E-state index in [-0.39, 0.29) is 5.56 Å². The summed E-state index contributed by atoms with van der Waals surface area (Å²) in [5.74, 6) is 0.710. The quantitative estimate of drug-likeness (QED) is 0.672. The van der Waals surface area contributed by atoms with Gasteiger partial charge in [-0.15, -0.1) is 11.3 Å². The fraction of sp³-hybridized carbons (Fsp3) is 0.214. The summed E-state index contributed by atoms with van der Waals surface area (Å²) in [4.78, 5) is 13.5. The number of methoxy groups -OCH3 is 1. The molecule has 0 radical (unpaired) electrons. The van der Waals surface area contributed by atoms with Gasteiger partial charge in [-0.1, -0.05) is 18.2 Å². The van der Waals surface area contributed by atoms with Gasteiger partial charge in [-0.25, -0.2) is 0 Å². The lowest BCUT2D eigenvalue weighted by molar-refractivity contribution is 0.418. The van der Waals surface area contributed by atoms with Crippen LogP contribution in [0.1, 0.15) is 4.88 Å². The molecule has 0 aliphatic heterocycles. The molecule has 0 amide bonds. The maximum Gasteiger partial charge on any atom is 0.263 e. The number of aryl methyl sites for hydroxylation is 2. The molecule has 92 valence electrons. The number of hydrogen-bond donors (Lipinski definition) is 0. The summed E-state index contributed by atoms with van der Waals surface area (Å²) in [7, 11) is 3.42. The van der Waals surface area contributed by atoms with Gasteiger partial charge in [0, 0.05) is 17.3 Å². The van der Waals surface area contributed by atoms with Crippen molar-refractivity contribution >= 4 is 32.3 Å². The monoisotopic (exact) mass is 259 g/mol. The molecule has 0 bridgehead atoms. The van der Waals surface area contributed by atoms with Gasteiger partial charge >= 0.3 is 0 Å². The van der Waals surface area contributed by atoms with Crippen LogP contribution in [0.15, 0.2) is 29.1 Å². The number of para-hydroxylation sites is 1. The molecule has 4 heteroatoms. The standard InChI is InChI=1S/C14H13NO2S/c1-8-12(17-3)11-13(18-8)9-6-4-5-7-10(9)15(2)14(11)16/h4-7H,1-3H3. The lowest BCUT2D eigenvalue weighted by atomic mass is 10.1. The molecule has 0 N–H and O–H groups in total. The normalized spacial score (nSPS) is 11.3. The van der Waals surface area contributed by atoms with E-state index in [1.807, 2.05) is 31.2 Å². The number of rotatable bonds is 1. The summed E-state index contributed by atoms with van der Waals surface area (Å²) in [5, 5.41) is 1.80. The Morgan fingerprint density at radius 1 is 1.28 bits per heavy atom. The average Bonchev–Trinajstić information content (AvgIpc) is 2.73. The first-order valence-corrected chi connectivity index (χ1v) is 6.51. The Labute approximate surface area is 108 Å². The first-order chi connectivity index (χ1) is 8.65. The van der Waals surface area contributed by atoms with Crippen molar-refractivity contribution in [1.29, 1.82) is 0 Å². The van der Waals surface area contributed by atoms with Crippen LogP contribution in [-0.2, 0) is 7.05 Å². The number of thiophene rings is 1. The van der Waals surface area contributed by atoms with E-state index in [0.717, 1.165) is 20.5 Å². The lowest BCUT2D eigenvalue weighted by Gasteiger charge is -2.06. The van der Waals surface area contributed by atoms with Gasteiger partial charge in [0.25, 0.3) is 5.56 Å². The molecule has 0 atom stereocenters. The highest BCUT2D eigenvalue weighted by Gasteiger charge is 2.17. The molecule has 3 rings (SSSR count). The highest BCUT2D eigenvalue weighted by atomic mass is 32.1. The van der Waals surface area contributed by atoms with E-state index in [2.05, 4.69) is 0 Å². The van der Waals surface area contributed by atoms with Crippen LogP contribution in [0.4, 0.5) is 0 Å². The van der Waals surface area contributed by atoms with Crippen LogP contribution in [-0.4, -0.2) is 11.7 Å². The number of benzene rings is 1. The Morgan fingerprint density at radius 3 is 2.72 bits per heavy atom. The number of aromatic nitrogens is 1. The molecule has 3 aromatic rings. The second-order valence-corrected chi connectivity index (χ2v) is 5.50. The van der Waals surface area contributed by atoms with E-state index in [1.54, 1.807) is 30.1 Å². The van der Waals surface area contributed by atoms with Crippen LogP contribution in [0.2, 0.25) is 0 Å². The smallest absolute Gasteiger partial charge is 0.263 e. The van der Waals surface area contributed by atoms with Gasteiger partial charge in [0.2, 0.25) is 0 Å². The maximum atomic E-state index is 12.4. The van der Waals surface area contributed by atoms with E-state index in [1.165, 1.54) is 0 Å². The fourth-order valence-corrected chi connectivity index (χ4v) is 3.54. The van der Waals surface area contributed by atoms with Crippen molar-refractivity contribution in [3.63, 3.8) is 0 Å². The van der Waals surface area contributed by atoms with Crippen molar-refractivity contribution in [3.05, 3.63) is 39.5 Å². The number of hydrogen-bond acceptors (Lipinski definition) is 3. The van der Waals surface area contributed by atoms with Crippen LogP contribution in [0.25, 0.3) is 21.0 Å². The molecular formula is C14H13NO2S. The Balaban J connectivity index is 2.69. The zero-order valence-electron chi connectivity index (χ0n) is 10.5. The van der Waals surface area contributed by atoms with Gasteiger partial charge in [0.1, 0.15) is 11.1 Å². The summed E-state index contributed by atoms with van der Waals surface area (Å²) in [6.07, 6.45) is 0. The van der Waals surface area contributed by atoms with Crippen molar-refractivity contribution in [2.24, 2.45) is 7.05 Å². The fourth-order valence-electron chi connectivity index (χ4n) is 2.39. The van der Waals surface area contributed by atoms with Gasteiger partial charge < -0.3 is 9.30 Å². The SMILES string of the molecule is COc1c(C)sc2c1c(=O)n(C)c1ccccc21. The molecule has 18 heavy (non-hydrogen) atoms. The minimum Gasteiger partial charge on any atom is -0.495 e. The number of nitrogens with zero attached hydrogens (tertiary/aromatic N) is 1. The summed E-state index contributed by atoms with van der Waals surface area (Å²) in [5.41, 5.74) is 0.962. The molecule has 2 aromatic heterocycles. The number of ether oxygens (including phenoxy) is 1. The molecule has 0 unspecified atom stereocenters. The molecule has 0 aliphatic rings. The van der Waals surface area contributed by atoms with E-state index in [4.69, 9.17) is 4.74 Å². The predicted molar refractivity (Wildman–Crippen MR) is 75.9 cm³/mol. The minimum absolute atomic E-state index is 0.00454. The first-order valence-electron chi connectivity index (χ1n) is 5.70. The van der Waals surface area contributed by atoms with E-state index in [9.17, 15) is 4.79 Å². The minimum atomic E-state index is 0.00454. The topological polar surface area (TPSA) is 31.2 Å². The molecular weight excluding hydrogens is 246 g/mol. The molecule has 0 saturated heterocycles. The third kappa shape index (κ3) is 1.32. The zero-order valence-corrected chi connectivity index (χ0v) is 11.3. The van der Waals surface area contributed by atoms with Crippen LogP contribution < -0.4 is 10.3 Å². The van der Waals surface area contributed by atoms with Gasteiger partial charge in [0.15, 0.2) is 0 Å². The summed E-state index contributed by atoms with van der Waals surface area (Å²) in [6.45, 7) is 1.98. The largest absolute Gasteiger partial charge is 0.495 e. The lowest BCUT2D eigenvalue weighted by Crippen LogP contribution is -2.16. The highest BCUT2D eigenvalue weighted by molar-refractivity contribution is 7.20. The summed E-state index contributed by atoms with van der Waals surface area (Å²) >= 11 is 1.62. The van der Waals surface area contributed by atoms with E-state index >= 15 is 0 Å². The zero-order chi connectivity index (χ0) is 12.9. The molecule has 0 fully saturated rings. The molecule has 0 saturated carbocycles. The van der Waals surface area contributed by atoms with Crippen LogP contribution in [0.5, 0.6) is 5.75 Å². The second-order valence-electron chi connectivity index (χ2n) is 4.28. The Kier molecular flexibility index (Phi) is 2.41. The van der Waals surface area contributed by atoms with Crippen molar-refractivity contribution < 1.29 is 4.74 Å². The molecule has 3 nitrogen and oxygen atoms in total.